The molecular formula is C13H16N2O4S. The fraction of sp³-hybridized carbons (Fsp3) is 0.308. The lowest BCUT2D eigenvalue weighted by Gasteiger charge is -2.05. The molecule has 0 spiro atoms. The molecule has 0 saturated heterocycles. The first-order chi connectivity index (χ1) is 9.52. The van der Waals surface area contributed by atoms with E-state index in [1.54, 1.807) is 12.1 Å². The molecule has 3 N–H and O–H groups in total. The first kappa shape index (κ1) is 16.0. The number of carbonyl (C=O) groups excluding carboxylic acids is 2. The Morgan fingerprint density at radius 1 is 1.20 bits per heavy atom. The second-order valence-electron chi connectivity index (χ2n) is 3.92. The summed E-state index contributed by atoms with van der Waals surface area (Å²) in [4.78, 5) is 34.1. The molecule has 0 bridgehead atoms. The minimum absolute atomic E-state index is 0.0892. The van der Waals surface area contributed by atoms with Crippen LogP contribution < -0.4 is 10.6 Å². The third-order valence-corrected chi connectivity index (χ3v) is 3.27. The number of amides is 3. The Kier molecular flexibility index (Phi) is 6.58. The van der Waals surface area contributed by atoms with Crippen LogP contribution >= 0.6 is 11.8 Å². The van der Waals surface area contributed by atoms with Crippen molar-refractivity contribution in [2.75, 3.05) is 12.3 Å². The number of hydrogen-bond donors (Lipinski definition) is 3. The van der Waals surface area contributed by atoms with Gasteiger partial charge in [0, 0.05) is 11.4 Å². The number of rotatable bonds is 6. The van der Waals surface area contributed by atoms with Crippen molar-refractivity contribution >= 4 is 29.7 Å². The Balaban J connectivity index is 2.37. The average Bonchev–Trinajstić information content (AvgIpc) is 2.43. The SMILES string of the molecule is CCCNC(=O)NC(=O)CSc1ccc(C(=O)O)cc1. The summed E-state index contributed by atoms with van der Waals surface area (Å²) in [7, 11) is 0. The average molecular weight is 296 g/mol. The van der Waals surface area contributed by atoms with Crippen LogP contribution in [-0.4, -0.2) is 35.3 Å². The lowest BCUT2D eigenvalue weighted by atomic mass is 10.2. The van der Waals surface area contributed by atoms with Gasteiger partial charge < -0.3 is 10.4 Å². The van der Waals surface area contributed by atoms with E-state index in [0.29, 0.717) is 6.54 Å². The minimum atomic E-state index is -0.994. The van der Waals surface area contributed by atoms with Crippen LogP contribution in [0.4, 0.5) is 4.79 Å². The lowest BCUT2D eigenvalue weighted by molar-refractivity contribution is -0.117. The van der Waals surface area contributed by atoms with E-state index in [0.717, 1.165) is 11.3 Å². The number of imide groups is 1. The van der Waals surface area contributed by atoms with Gasteiger partial charge in [-0.3, -0.25) is 10.1 Å². The number of aromatic carboxylic acids is 1. The van der Waals surface area contributed by atoms with Crippen molar-refractivity contribution in [3.63, 3.8) is 0 Å². The number of hydrogen-bond acceptors (Lipinski definition) is 4. The molecule has 1 rings (SSSR count). The molecule has 0 aliphatic carbocycles. The van der Waals surface area contributed by atoms with Gasteiger partial charge in [0.25, 0.3) is 0 Å². The summed E-state index contributed by atoms with van der Waals surface area (Å²) in [5, 5.41) is 13.5. The van der Waals surface area contributed by atoms with Crippen molar-refractivity contribution in [2.24, 2.45) is 0 Å². The Labute approximate surface area is 120 Å². The third-order valence-electron chi connectivity index (χ3n) is 2.26. The van der Waals surface area contributed by atoms with Crippen LogP contribution in [0.3, 0.4) is 0 Å². The molecule has 0 atom stereocenters. The Morgan fingerprint density at radius 2 is 1.85 bits per heavy atom. The van der Waals surface area contributed by atoms with E-state index >= 15 is 0 Å². The Hall–Kier alpha value is -2.02. The first-order valence-electron chi connectivity index (χ1n) is 6.06. The predicted molar refractivity (Wildman–Crippen MR) is 76.0 cm³/mol. The first-order valence-corrected chi connectivity index (χ1v) is 7.05. The highest BCUT2D eigenvalue weighted by Crippen LogP contribution is 2.18. The van der Waals surface area contributed by atoms with Gasteiger partial charge in [-0.2, -0.15) is 0 Å². The van der Waals surface area contributed by atoms with Crippen LogP contribution in [-0.2, 0) is 4.79 Å². The van der Waals surface area contributed by atoms with Gasteiger partial charge in [-0.1, -0.05) is 6.92 Å². The van der Waals surface area contributed by atoms with Crippen LogP contribution in [0.25, 0.3) is 0 Å². The number of benzene rings is 1. The van der Waals surface area contributed by atoms with Gasteiger partial charge in [0.1, 0.15) is 0 Å². The molecule has 3 amide bonds. The maximum Gasteiger partial charge on any atom is 0.335 e. The highest BCUT2D eigenvalue weighted by molar-refractivity contribution is 8.00. The molecule has 0 aliphatic rings. The summed E-state index contributed by atoms with van der Waals surface area (Å²) >= 11 is 1.23. The molecule has 7 heteroatoms. The number of nitrogens with one attached hydrogen (secondary N) is 2. The van der Waals surface area contributed by atoms with Crippen LogP contribution in [0.1, 0.15) is 23.7 Å². The zero-order chi connectivity index (χ0) is 15.0. The van der Waals surface area contributed by atoms with E-state index in [9.17, 15) is 14.4 Å². The predicted octanol–water partition coefficient (Wildman–Crippen LogP) is 1.71. The number of carbonyl (C=O) groups is 3. The standard InChI is InChI=1S/C13H16N2O4S/c1-2-7-14-13(19)15-11(16)8-20-10-5-3-9(4-6-10)12(17)18/h3-6H,2,7-8H2,1H3,(H,17,18)(H2,14,15,16,19). The molecule has 0 aromatic heterocycles. The molecule has 0 fully saturated rings. The molecular weight excluding hydrogens is 280 g/mol. The smallest absolute Gasteiger partial charge is 0.335 e. The highest BCUT2D eigenvalue weighted by atomic mass is 32.2. The highest BCUT2D eigenvalue weighted by Gasteiger charge is 2.08. The summed E-state index contributed by atoms with van der Waals surface area (Å²) in [6.07, 6.45) is 0.798. The van der Waals surface area contributed by atoms with E-state index in [2.05, 4.69) is 10.6 Å². The number of urea groups is 1. The zero-order valence-electron chi connectivity index (χ0n) is 11.0. The summed E-state index contributed by atoms with van der Waals surface area (Å²) < 4.78 is 0. The number of carboxylic acids is 1. The number of carboxylic acid groups (broad SMARTS) is 1. The maximum atomic E-state index is 11.5. The second kappa shape index (κ2) is 8.21. The van der Waals surface area contributed by atoms with Gasteiger partial charge in [-0.15, -0.1) is 11.8 Å². The van der Waals surface area contributed by atoms with Crippen molar-refractivity contribution in [3.8, 4) is 0 Å². The van der Waals surface area contributed by atoms with Gasteiger partial charge in [0.05, 0.1) is 11.3 Å². The molecule has 0 unspecified atom stereocenters. The van der Waals surface area contributed by atoms with E-state index in [4.69, 9.17) is 5.11 Å². The Morgan fingerprint density at radius 3 is 2.40 bits per heavy atom. The summed E-state index contributed by atoms with van der Waals surface area (Å²) in [6, 6.07) is 5.68. The fourth-order valence-electron chi connectivity index (χ4n) is 1.29. The molecule has 0 heterocycles. The van der Waals surface area contributed by atoms with Gasteiger partial charge in [0.15, 0.2) is 0 Å². The van der Waals surface area contributed by atoms with Crippen molar-refractivity contribution in [1.29, 1.82) is 0 Å². The molecule has 108 valence electrons. The summed E-state index contributed by atoms with van der Waals surface area (Å²) in [5.74, 6) is -1.30. The molecule has 20 heavy (non-hydrogen) atoms. The normalized spacial score (nSPS) is 9.85. The van der Waals surface area contributed by atoms with Gasteiger partial charge in [0.2, 0.25) is 5.91 Å². The van der Waals surface area contributed by atoms with Crippen molar-refractivity contribution < 1.29 is 19.5 Å². The lowest BCUT2D eigenvalue weighted by Crippen LogP contribution is -2.40. The van der Waals surface area contributed by atoms with Gasteiger partial charge >= 0.3 is 12.0 Å². The summed E-state index contributed by atoms with van der Waals surface area (Å²) in [6.45, 7) is 2.43. The van der Waals surface area contributed by atoms with E-state index in [-0.39, 0.29) is 11.3 Å². The quantitative estimate of drug-likeness (QED) is 0.695. The molecule has 6 nitrogen and oxygen atoms in total. The largest absolute Gasteiger partial charge is 0.478 e. The topological polar surface area (TPSA) is 95.5 Å². The van der Waals surface area contributed by atoms with Crippen LogP contribution in [0, 0.1) is 0 Å². The van der Waals surface area contributed by atoms with Crippen LogP contribution in [0.15, 0.2) is 29.2 Å². The zero-order valence-corrected chi connectivity index (χ0v) is 11.8. The summed E-state index contributed by atoms with van der Waals surface area (Å²) in [5.41, 5.74) is 0.192. The van der Waals surface area contributed by atoms with E-state index in [1.165, 1.54) is 23.9 Å². The molecule has 1 aromatic carbocycles. The van der Waals surface area contributed by atoms with Crippen molar-refractivity contribution in [1.82, 2.24) is 10.6 Å². The minimum Gasteiger partial charge on any atom is -0.478 e. The van der Waals surface area contributed by atoms with Gasteiger partial charge in [-0.05, 0) is 30.7 Å². The van der Waals surface area contributed by atoms with E-state index in [1.807, 2.05) is 6.92 Å². The van der Waals surface area contributed by atoms with Crippen LogP contribution in [0.5, 0.6) is 0 Å². The fourth-order valence-corrected chi connectivity index (χ4v) is 1.99. The second-order valence-corrected chi connectivity index (χ2v) is 4.97. The monoisotopic (exact) mass is 296 g/mol. The third kappa shape index (κ3) is 5.75. The van der Waals surface area contributed by atoms with Crippen molar-refractivity contribution in [3.05, 3.63) is 29.8 Å². The maximum absolute atomic E-state index is 11.5. The Bertz CT molecular complexity index is 488. The molecule has 1 aromatic rings. The van der Waals surface area contributed by atoms with E-state index < -0.39 is 17.9 Å². The van der Waals surface area contributed by atoms with Crippen molar-refractivity contribution in [2.45, 2.75) is 18.2 Å². The molecule has 0 radical (unpaired) electrons. The van der Waals surface area contributed by atoms with Gasteiger partial charge in [-0.25, -0.2) is 9.59 Å². The van der Waals surface area contributed by atoms with Crippen LogP contribution in [0.2, 0.25) is 0 Å². The molecule has 0 saturated carbocycles. The number of thioether (sulfide) groups is 1. The molecule has 0 aliphatic heterocycles.